The number of hydrogen-bond acceptors (Lipinski definition) is 3. The normalized spacial score (nSPS) is 17.3. The van der Waals surface area contributed by atoms with Gasteiger partial charge in [-0.15, -0.1) is 0 Å². The molecule has 3 rings (SSSR count). The number of nitrogen functional groups attached to an aromatic ring is 1. The maximum Gasteiger partial charge on any atom is 0.0703 e. The summed E-state index contributed by atoms with van der Waals surface area (Å²) in [6, 6.07) is 5.98. The minimum Gasteiger partial charge on any atom is -0.399 e. The van der Waals surface area contributed by atoms with Crippen LogP contribution >= 0.6 is 0 Å². The summed E-state index contributed by atoms with van der Waals surface area (Å²) in [4.78, 5) is 2.53. The molecule has 2 aromatic rings. The van der Waals surface area contributed by atoms with Crippen molar-refractivity contribution in [2.75, 3.05) is 25.4 Å². The van der Waals surface area contributed by atoms with E-state index in [9.17, 15) is 0 Å². The standard InChI is InChI=1S/C14H20N4/c15-13-5-4-12-11-16-18(14(12)10-13)9-8-17-6-2-1-3-7-17/h4-5,10-11H,1-3,6-9,15H2. The quantitative estimate of drug-likeness (QED) is 0.841. The Balaban J connectivity index is 1.72. The number of anilines is 1. The Morgan fingerprint density at radius 1 is 1.11 bits per heavy atom. The molecule has 0 unspecified atom stereocenters. The molecule has 1 aliphatic rings. The fraction of sp³-hybridized carbons (Fsp3) is 0.500. The van der Waals surface area contributed by atoms with Gasteiger partial charge in [0, 0.05) is 17.6 Å². The van der Waals surface area contributed by atoms with Crippen LogP contribution in [0.3, 0.4) is 0 Å². The first kappa shape index (κ1) is 11.5. The fourth-order valence-corrected chi connectivity index (χ4v) is 2.68. The highest BCUT2D eigenvalue weighted by Gasteiger charge is 2.10. The van der Waals surface area contributed by atoms with Gasteiger partial charge in [-0.25, -0.2) is 0 Å². The highest BCUT2D eigenvalue weighted by atomic mass is 15.3. The molecule has 96 valence electrons. The summed E-state index contributed by atoms with van der Waals surface area (Å²) in [5.74, 6) is 0. The first-order chi connectivity index (χ1) is 8.83. The molecule has 0 bridgehead atoms. The largest absolute Gasteiger partial charge is 0.399 e. The number of piperidine rings is 1. The van der Waals surface area contributed by atoms with E-state index in [2.05, 4.69) is 14.7 Å². The van der Waals surface area contributed by atoms with Gasteiger partial charge in [-0.2, -0.15) is 5.10 Å². The van der Waals surface area contributed by atoms with E-state index in [0.717, 1.165) is 24.3 Å². The van der Waals surface area contributed by atoms with E-state index in [1.807, 2.05) is 24.4 Å². The summed E-state index contributed by atoms with van der Waals surface area (Å²) >= 11 is 0. The number of hydrogen-bond donors (Lipinski definition) is 1. The molecule has 0 aliphatic carbocycles. The van der Waals surface area contributed by atoms with Gasteiger partial charge in [-0.3, -0.25) is 4.68 Å². The van der Waals surface area contributed by atoms with Crippen molar-refractivity contribution in [2.45, 2.75) is 25.8 Å². The predicted octanol–water partition coefficient (Wildman–Crippen LogP) is 2.10. The van der Waals surface area contributed by atoms with Crippen molar-refractivity contribution in [3.05, 3.63) is 24.4 Å². The van der Waals surface area contributed by atoms with E-state index in [0.29, 0.717) is 0 Å². The molecule has 0 spiro atoms. The molecule has 1 aliphatic heterocycles. The van der Waals surface area contributed by atoms with Crippen molar-refractivity contribution in [3.8, 4) is 0 Å². The highest BCUT2D eigenvalue weighted by molar-refractivity contribution is 5.81. The number of benzene rings is 1. The van der Waals surface area contributed by atoms with Gasteiger partial charge in [-0.1, -0.05) is 6.42 Å². The van der Waals surface area contributed by atoms with Crippen molar-refractivity contribution >= 4 is 16.6 Å². The van der Waals surface area contributed by atoms with Crippen LogP contribution in [0.15, 0.2) is 24.4 Å². The predicted molar refractivity (Wildman–Crippen MR) is 74.4 cm³/mol. The Hall–Kier alpha value is -1.55. The summed E-state index contributed by atoms with van der Waals surface area (Å²) < 4.78 is 2.07. The molecule has 1 fully saturated rings. The molecule has 1 aromatic carbocycles. The van der Waals surface area contributed by atoms with Gasteiger partial charge in [0.15, 0.2) is 0 Å². The average Bonchev–Trinajstić information content (AvgIpc) is 2.80. The van der Waals surface area contributed by atoms with E-state index in [1.165, 1.54) is 37.7 Å². The smallest absolute Gasteiger partial charge is 0.0703 e. The van der Waals surface area contributed by atoms with Crippen LogP contribution in [0.5, 0.6) is 0 Å². The minimum atomic E-state index is 0.808. The number of likely N-dealkylation sites (tertiary alicyclic amines) is 1. The van der Waals surface area contributed by atoms with Gasteiger partial charge >= 0.3 is 0 Å². The SMILES string of the molecule is Nc1ccc2cnn(CCN3CCCCC3)c2c1. The van der Waals surface area contributed by atoms with E-state index in [1.54, 1.807) is 0 Å². The van der Waals surface area contributed by atoms with Crippen molar-refractivity contribution in [2.24, 2.45) is 0 Å². The molecule has 0 amide bonds. The molecule has 1 saturated heterocycles. The molecular formula is C14H20N4. The zero-order valence-corrected chi connectivity index (χ0v) is 10.7. The minimum absolute atomic E-state index is 0.808. The molecule has 0 saturated carbocycles. The lowest BCUT2D eigenvalue weighted by Gasteiger charge is -2.26. The van der Waals surface area contributed by atoms with Crippen LogP contribution in [0.1, 0.15) is 19.3 Å². The number of nitrogens with zero attached hydrogens (tertiary/aromatic N) is 3. The van der Waals surface area contributed by atoms with Gasteiger partial charge in [0.2, 0.25) is 0 Å². The van der Waals surface area contributed by atoms with Gasteiger partial charge in [0.25, 0.3) is 0 Å². The van der Waals surface area contributed by atoms with Crippen molar-refractivity contribution in [1.29, 1.82) is 0 Å². The van der Waals surface area contributed by atoms with E-state index in [4.69, 9.17) is 5.73 Å². The van der Waals surface area contributed by atoms with Crippen molar-refractivity contribution < 1.29 is 0 Å². The molecule has 2 N–H and O–H groups in total. The summed E-state index contributed by atoms with van der Waals surface area (Å²) in [5.41, 5.74) is 7.79. The lowest BCUT2D eigenvalue weighted by atomic mass is 10.1. The van der Waals surface area contributed by atoms with E-state index < -0.39 is 0 Å². The van der Waals surface area contributed by atoms with Crippen molar-refractivity contribution in [1.82, 2.24) is 14.7 Å². The molecule has 4 heteroatoms. The second-order valence-electron chi connectivity index (χ2n) is 5.09. The average molecular weight is 244 g/mol. The number of rotatable bonds is 3. The van der Waals surface area contributed by atoms with Crippen LogP contribution in [0, 0.1) is 0 Å². The lowest BCUT2D eigenvalue weighted by molar-refractivity contribution is 0.219. The van der Waals surface area contributed by atoms with Gasteiger partial charge in [0.05, 0.1) is 18.3 Å². The van der Waals surface area contributed by atoms with Crippen LogP contribution < -0.4 is 5.73 Å². The zero-order valence-electron chi connectivity index (χ0n) is 10.7. The van der Waals surface area contributed by atoms with Crippen LogP contribution in [0.4, 0.5) is 5.69 Å². The van der Waals surface area contributed by atoms with E-state index >= 15 is 0 Å². The lowest BCUT2D eigenvalue weighted by Crippen LogP contribution is -2.32. The number of nitrogens with two attached hydrogens (primary N) is 1. The fourth-order valence-electron chi connectivity index (χ4n) is 2.68. The summed E-state index contributed by atoms with van der Waals surface area (Å²) in [7, 11) is 0. The van der Waals surface area contributed by atoms with Crippen LogP contribution in [-0.4, -0.2) is 34.3 Å². The van der Waals surface area contributed by atoms with Gasteiger partial charge in [-0.05, 0) is 44.1 Å². The monoisotopic (exact) mass is 244 g/mol. The third-order valence-corrected chi connectivity index (χ3v) is 3.75. The molecule has 0 radical (unpaired) electrons. The second kappa shape index (κ2) is 4.98. The van der Waals surface area contributed by atoms with Crippen LogP contribution in [-0.2, 0) is 6.54 Å². The van der Waals surface area contributed by atoms with Crippen LogP contribution in [0.25, 0.3) is 10.9 Å². The Labute approximate surface area is 107 Å². The highest BCUT2D eigenvalue weighted by Crippen LogP contribution is 2.17. The maximum absolute atomic E-state index is 5.84. The first-order valence-electron chi connectivity index (χ1n) is 6.76. The number of aromatic nitrogens is 2. The Morgan fingerprint density at radius 2 is 1.94 bits per heavy atom. The third-order valence-electron chi connectivity index (χ3n) is 3.75. The third kappa shape index (κ3) is 2.34. The Bertz CT molecular complexity index is 526. The molecule has 2 heterocycles. The summed E-state index contributed by atoms with van der Waals surface area (Å²) in [5, 5.41) is 5.62. The van der Waals surface area contributed by atoms with Crippen molar-refractivity contribution in [3.63, 3.8) is 0 Å². The first-order valence-corrected chi connectivity index (χ1v) is 6.76. The van der Waals surface area contributed by atoms with Gasteiger partial charge in [0.1, 0.15) is 0 Å². The topological polar surface area (TPSA) is 47.1 Å². The molecular weight excluding hydrogens is 224 g/mol. The number of fused-ring (bicyclic) bond motifs is 1. The zero-order chi connectivity index (χ0) is 12.4. The van der Waals surface area contributed by atoms with Gasteiger partial charge < -0.3 is 10.6 Å². The molecule has 18 heavy (non-hydrogen) atoms. The maximum atomic E-state index is 5.84. The Morgan fingerprint density at radius 3 is 2.78 bits per heavy atom. The molecule has 0 atom stereocenters. The Kier molecular flexibility index (Phi) is 3.19. The molecule has 1 aromatic heterocycles. The molecule has 4 nitrogen and oxygen atoms in total. The summed E-state index contributed by atoms with van der Waals surface area (Å²) in [6.07, 6.45) is 5.99. The summed E-state index contributed by atoms with van der Waals surface area (Å²) in [6.45, 7) is 4.52. The van der Waals surface area contributed by atoms with E-state index in [-0.39, 0.29) is 0 Å². The second-order valence-corrected chi connectivity index (χ2v) is 5.09. The van der Waals surface area contributed by atoms with Crippen LogP contribution in [0.2, 0.25) is 0 Å².